The van der Waals surface area contributed by atoms with Crippen molar-refractivity contribution in [3.8, 4) is 5.88 Å². The Morgan fingerprint density at radius 1 is 1.31 bits per heavy atom. The number of carbonyl (C=O) groups is 1. The Hall–Kier alpha value is -1.66. The molecule has 2 atom stereocenters. The molecule has 1 aromatic heterocycles. The Kier molecular flexibility index (Phi) is 8.32. The van der Waals surface area contributed by atoms with Crippen LogP contribution >= 0.6 is 0 Å². The highest BCUT2D eigenvalue weighted by Gasteiger charge is 2.42. The summed E-state index contributed by atoms with van der Waals surface area (Å²) in [4.78, 5) is 17.2. The minimum absolute atomic E-state index is 0.0654. The highest BCUT2D eigenvalue weighted by molar-refractivity contribution is 5.97. The van der Waals surface area contributed by atoms with Crippen molar-refractivity contribution in [3.05, 3.63) is 18.3 Å². The number of nitrogens with one attached hydrogen (secondary N) is 1. The van der Waals surface area contributed by atoms with E-state index in [-0.39, 0.29) is 5.91 Å². The van der Waals surface area contributed by atoms with Gasteiger partial charge in [-0.2, -0.15) is 0 Å². The number of amides is 1. The fourth-order valence-corrected chi connectivity index (χ4v) is 3.34. The summed E-state index contributed by atoms with van der Waals surface area (Å²) in [6.07, 6.45) is 6.23. The Morgan fingerprint density at radius 2 is 2.15 bits per heavy atom. The second kappa shape index (κ2) is 10.5. The number of ether oxygens (including phenoxy) is 3. The number of nitrogens with zero attached hydrogens (tertiary/aromatic N) is 1. The highest BCUT2D eigenvalue weighted by atomic mass is 16.5. The first kappa shape index (κ1) is 20.6. The van der Waals surface area contributed by atoms with E-state index in [0.29, 0.717) is 43.9 Å². The summed E-state index contributed by atoms with van der Waals surface area (Å²) >= 11 is 0. The maximum atomic E-state index is 13.0. The summed E-state index contributed by atoms with van der Waals surface area (Å²) in [6.45, 7) is 8.45. The highest BCUT2D eigenvalue weighted by Crippen LogP contribution is 2.36. The number of carbonyl (C=O) groups excluding carboxylic acids is 1. The maximum Gasteiger partial charge on any atom is 0.256 e. The monoisotopic (exact) mass is 364 g/mol. The van der Waals surface area contributed by atoms with E-state index in [1.54, 1.807) is 18.3 Å². The van der Waals surface area contributed by atoms with Gasteiger partial charge in [0.05, 0.1) is 18.5 Å². The fraction of sp³-hybridized carbons (Fsp3) is 0.700. The molecule has 0 unspecified atom stereocenters. The van der Waals surface area contributed by atoms with Gasteiger partial charge in [-0.15, -0.1) is 0 Å². The van der Waals surface area contributed by atoms with Crippen LogP contribution in [-0.4, -0.2) is 42.9 Å². The third-order valence-electron chi connectivity index (χ3n) is 4.63. The first-order chi connectivity index (χ1) is 12.6. The second-order valence-electron chi connectivity index (χ2n) is 6.93. The van der Waals surface area contributed by atoms with Crippen LogP contribution < -0.4 is 10.1 Å². The molecule has 1 N–H and O–H groups in total. The molecule has 26 heavy (non-hydrogen) atoms. The molecule has 0 radical (unpaired) electrons. The van der Waals surface area contributed by atoms with Gasteiger partial charge in [-0.1, -0.05) is 20.3 Å². The molecular formula is C20H32N2O4. The maximum absolute atomic E-state index is 13.0. The summed E-state index contributed by atoms with van der Waals surface area (Å²) in [5, 5.41) is 2.98. The predicted octanol–water partition coefficient (Wildman–Crippen LogP) is 3.81. The zero-order valence-electron chi connectivity index (χ0n) is 16.3. The van der Waals surface area contributed by atoms with Crippen molar-refractivity contribution >= 4 is 11.6 Å². The smallest absolute Gasteiger partial charge is 0.256 e. The lowest BCUT2D eigenvalue weighted by molar-refractivity contribution is -0.148. The predicted molar refractivity (Wildman–Crippen MR) is 101 cm³/mol. The summed E-state index contributed by atoms with van der Waals surface area (Å²) in [5.74, 6) is 0.945. The van der Waals surface area contributed by atoms with Gasteiger partial charge in [0.15, 0.2) is 0 Å². The van der Waals surface area contributed by atoms with E-state index in [9.17, 15) is 4.79 Å². The Morgan fingerprint density at radius 3 is 2.81 bits per heavy atom. The van der Waals surface area contributed by atoms with Crippen LogP contribution in [0, 0.1) is 5.92 Å². The molecule has 2 rings (SSSR count). The largest absolute Gasteiger partial charge is 0.475 e. The van der Waals surface area contributed by atoms with Gasteiger partial charge >= 0.3 is 0 Å². The average Bonchev–Trinajstić information content (AvgIpc) is 2.65. The van der Waals surface area contributed by atoms with Crippen LogP contribution in [0.15, 0.2) is 18.3 Å². The van der Waals surface area contributed by atoms with Crippen molar-refractivity contribution in [2.75, 3.05) is 31.7 Å². The molecule has 1 aromatic rings. The van der Waals surface area contributed by atoms with Crippen molar-refractivity contribution in [3.63, 3.8) is 0 Å². The molecule has 0 saturated heterocycles. The van der Waals surface area contributed by atoms with Gasteiger partial charge in [0, 0.05) is 19.3 Å². The summed E-state index contributed by atoms with van der Waals surface area (Å²) in [7, 11) is 0. The topological polar surface area (TPSA) is 69.7 Å². The molecule has 1 saturated carbocycles. The van der Waals surface area contributed by atoms with Crippen molar-refractivity contribution < 1.29 is 19.0 Å². The zero-order chi connectivity index (χ0) is 18.8. The van der Waals surface area contributed by atoms with Gasteiger partial charge in [0.2, 0.25) is 5.88 Å². The number of pyridine rings is 1. The minimum Gasteiger partial charge on any atom is -0.475 e. The Bertz CT molecular complexity index is 549. The summed E-state index contributed by atoms with van der Waals surface area (Å²) < 4.78 is 16.8. The molecule has 0 bridgehead atoms. The molecule has 0 aliphatic heterocycles. The lowest BCUT2D eigenvalue weighted by Crippen LogP contribution is -2.48. The van der Waals surface area contributed by atoms with E-state index < -0.39 is 5.60 Å². The molecule has 1 fully saturated rings. The van der Waals surface area contributed by atoms with Crippen molar-refractivity contribution in [1.29, 1.82) is 0 Å². The summed E-state index contributed by atoms with van der Waals surface area (Å²) in [6, 6.07) is 3.56. The number of rotatable bonds is 10. The molecule has 1 aliphatic carbocycles. The third-order valence-corrected chi connectivity index (χ3v) is 4.63. The molecule has 0 aromatic carbocycles. The lowest BCUT2D eigenvalue weighted by atomic mass is 9.78. The fourth-order valence-electron chi connectivity index (χ4n) is 3.34. The molecule has 0 spiro atoms. The minimum atomic E-state index is -0.722. The van der Waals surface area contributed by atoms with E-state index in [4.69, 9.17) is 14.2 Å². The van der Waals surface area contributed by atoms with Crippen LogP contribution in [-0.2, 0) is 14.3 Å². The Labute approximate surface area is 156 Å². The van der Waals surface area contributed by atoms with Crippen molar-refractivity contribution in [2.45, 2.75) is 58.5 Å². The van der Waals surface area contributed by atoms with Crippen LogP contribution in [0.3, 0.4) is 0 Å². The molecule has 146 valence electrons. The van der Waals surface area contributed by atoms with Crippen molar-refractivity contribution in [1.82, 2.24) is 4.98 Å². The first-order valence-corrected chi connectivity index (χ1v) is 9.71. The van der Waals surface area contributed by atoms with Crippen LogP contribution in [0.2, 0.25) is 0 Å². The molecular weight excluding hydrogens is 332 g/mol. The normalized spacial score (nSPS) is 22.8. The quantitative estimate of drug-likeness (QED) is 0.639. The zero-order valence-corrected chi connectivity index (χ0v) is 16.3. The van der Waals surface area contributed by atoms with Crippen LogP contribution in [0.1, 0.15) is 52.9 Å². The average molecular weight is 364 g/mol. The molecule has 6 heteroatoms. The van der Waals surface area contributed by atoms with E-state index in [0.717, 1.165) is 32.1 Å². The molecule has 1 aliphatic rings. The lowest BCUT2D eigenvalue weighted by Gasteiger charge is -2.38. The number of aromatic nitrogens is 1. The second-order valence-corrected chi connectivity index (χ2v) is 6.93. The summed E-state index contributed by atoms with van der Waals surface area (Å²) in [5.41, 5.74) is -0.0646. The molecule has 6 nitrogen and oxygen atoms in total. The van der Waals surface area contributed by atoms with Crippen molar-refractivity contribution in [2.24, 2.45) is 5.92 Å². The number of anilines is 1. The van der Waals surface area contributed by atoms with Gasteiger partial charge < -0.3 is 19.5 Å². The standard InChI is InChI=1S/C20H32N2O4/c1-4-11-26-20(10-6-7-16(3)14-20)19(23)22-17-8-9-18(21-15-17)25-13-12-24-5-2/h8-9,15-16H,4-7,10-14H2,1-3H3,(H,22,23)/t16-,20-/m1/s1. The van der Waals surface area contributed by atoms with Crippen LogP contribution in [0.4, 0.5) is 5.69 Å². The van der Waals surface area contributed by atoms with E-state index in [2.05, 4.69) is 24.1 Å². The third kappa shape index (κ3) is 5.95. The molecule has 1 heterocycles. The van der Waals surface area contributed by atoms with E-state index >= 15 is 0 Å². The van der Waals surface area contributed by atoms with Gasteiger partial charge in [0.25, 0.3) is 5.91 Å². The SMILES string of the molecule is CCCO[C@]1(C(=O)Nc2ccc(OCCOCC)nc2)CCC[C@@H](C)C1. The van der Waals surface area contributed by atoms with Crippen LogP contribution in [0.5, 0.6) is 5.88 Å². The van der Waals surface area contributed by atoms with Gasteiger partial charge in [-0.25, -0.2) is 4.98 Å². The molecule has 1 amide bonds. The first-order valence-electron chi connectivity index (χ1n) is 9.71. The van der Waals surface area contributed by atoms with E-state index in [1.807, 2.05) is 6.92 Å². The van der Waals surface area contributed by atoms with Gasteiger partial charge in [0.1, 0.15) is 12.2 Å². The number of hydrogen-bond donors (Lipinski definition) is 1. The van der Waals surface area contributed by atoms with Gasteiger partial charge in [-0.05, 0) is 44.6 Å². The number of hydrogen-bond acceptors (Lipinski definition) is 5. The van der Waals surface area contributed by atoms with E-state index in [1.165, 1.54) is 0 Å². The van der Waals surface area contributed by atoms with Crippen LogP contribution in [0.25, 0.3) is 0 Å². The van der Waals surface area contributed by atoms with Gasteiger partial charge in [-0.3, -0.25) is 4.79 Å². The Balaban J connectivity index is 1.95.